The Hall–Kier alpha value is -1.28. The Kier molecular flexibility index (Phi) is 7.67. The molecule has 3 heterocycles. The Labute approximate surface area is 145 Å². The second kappa shape index (κ2) is 8.99. The molecule has 0 aliphatic carbocycles. The van der Waals surface area contributed by atoms with E-state index in [9.17, 15) is 4.79 Å². The van der Waals surface area contributed by atoms with Gasteiger partial charge in [-0.15, -0.1) is 35.0 Å². The van der Waals surface area contributed by atoms with Crippen LogP contribution in [0.1, 0.15) is 12.8 Å². The Morgan fingerprint density at radius 2 is 2.18 bits per heavy atom. The molecule has 0 spiro atoms. The number of hydrogen-bond donors (Lipinski definition) is 2. The molecule has 1 unspecified atom stereocenters. The van der Waals surface area contributed by atoms with Gasteiger partial charge in [0.05, 0.1) is 5.92 Å². The zero-order valence-electron chi connectivity index (χ0n) is 11.7. The van der Waals surface area contributed by atoms with E-state index in [4.69, 9.17) is 0 Å². The molecule has 2 aromatic rings. The zero-order chi connectivity index (χ0) is 13.8. The van der Waals surface area contributed by atoms with E-state index in [1.165, 1.54) is 11.3 Å². The molecule has 22 heavy (non-hydrogen) atoms. The number of pyridine rings is 1. The summed E-state index contributed by atoms with van der Waals surface area (Å²) < 4.78 is 0. The van der Waals surface area contributed by atoms with Gasteiger partial charge in [-0.3, -0.25) is 9.78 Å². The van der Waals surface area contributed by atoms with E-state index in [0.717, 1.165) is 31.6 Å². The van der Waals surface area contributed by atoms with Crippen molar-refractivity contribution >= 4 is 47.2 Å². The second-order valence-electron chi connectivity index (χ2n) is 4.66. The number of carbonyl (C=O) groups excluding carboxylic acids is 1. The molecule has 1 saturated heterocycles. The molecule has 6 nitrogen and oxygen atoms in total. The number of nitrogens with zero attached hydrogens (tertiary/aromatic N) is 3. The van der Waals surface area contributed by atoms with Gasteiger partial charge in [0.15, 0.2) is 5.01 Å². The average Bonchev–Trinajstić information content (AvgIpc) is 2.97. The van der Waals surface area contributed by atoms with E-state index in [2.05, 4.69) is 25.8 Å². The molecule has 0 saturated carbocycles. The van der Waals surface area contributed by atoms with Gasteiger partial charge in [0, 0.05) is 12.7 Å². The standard InChI is InChI=1S/C13H15N5OS.2ClH/c19-11(9-4-3-6-14-8-9)16-13-18-17-12(20-13)10-5-1-2-7-15-10;;/h1-2,5,7,9,14H,3-4,6,8H2,(H,16,18,19);2*1H. The highest BCUT2D eigenvalue weighted by molar-refractivity contribution is 7.18. The molecular weight excluding hydrogens is 345 g/mol. The number of carbonyl (C=O) groups is 1. The Bertz CT molecular complexity index is 589. The SMILES string of the molecule is Cl.Cl.O=C(Nc1nnc(-c2ccccn2)s1)C1CCCNC1. The van der Waals surface area contributed by atoms with Crippen molar-refractivity contribution in [3.05, 3.63) is 24.4 Å². The van der Waals surface area contributed by atoms with E-state index < -0.39 is 0 Å². The topological polar surface area (TPSA) is 79.8 Å². The Morgan fingerprint density at radius 1 is 1.32 bits per heavy atom. The van der Waals surface area contributed by atoms with Gasteiger partial charge in [0.2, 0.25) is 11.0 Å². The summed E-state index contributed by atoms with van der Waals surface area (Å²) >= 11 is 1.34. The van der Waals surface area contributed by atoms with Crippen LogP contribution < -0.4 is 10.6 Å². The molecule has 1 atom stereocenters. The third-order valence-electron chi connectivity index (χ3n) is 3.21. The molecular formula is C13H17Cl2N5OS. The van der Waals surface area contributed by atoms with Gasteiger partial charge in [0.25, 0.3) is 0 Å². The van der Waals surface area contributed by atoms with Gasteiger partial charge in [-0.05, 0) is 31.5 Å². The highest BCUT2D eigenvalue weighted by atomic mass is 35.5. The molecule has 0 bridgehead atoms. The van der Waals surface area contributed by atoms with E-state index in [0.29, 0.717) is 10.1 Å². The maximum absolute atomic E-state index is 12.1. The van der Waals surface area contributed by atoms with Gasteiger partial charge < -0.3 is 10.6 Å². The number of nitrogens with one attached hydrogen (secondary N) is 2. The first kappa shape index (κ1) is 18.8. The first-order valence-corrected chi connectivity index (χ1v) is 7.41. The summed E-state index contributed by atoms with van der Waals surface area (Å²) in [5.41, 5.74) is 0.768. The maximum Gasteiger partial charge on any atom is 0.230 e. The van der Waals surface area contributed by atoms with E-state index in [-0.39, 0.29) is 36.6 Å². The summed E-state index contributed by atoms with van der Waals surface area (Å²) in [6.07, 6.45) is 3.67. The van der Waals surface area contributed by atoms with Crippen LogP contribution >= 0.6 is 36.2 Å². The minimum absolute atomic E-state index is 0. The van der Waals surface area contributed by atoms with E-state index in [1.807, 2.05) is 18.2 Å². The maximum atomic E-state index is 12.1. The average molecular weight is 362 g/mol. The number of anilines is 1. The molecule has 120 valence electrons. The molecule has 2 aromatic heterocycles. The summed E-state index contributed by atoms with van der Waals surface area (Å²) in [5, 5.41) is 15.4. The van der Waals surface area contributed by atoms with Crippen LogP contribution in [0.3, 0.4) is 0 Å². The lowest BCUT2D eigenvalue weighted by Crippen LogP contribution is -2.37. The molecule has 1 aliphatic rings. The van der Waals surface area contributed by atoms with Crippen LogP contribution in [0.4, 0.5) is 5.13 Å². The minimum atomic E-state index is 0. The van der Waals surface area contributed by atoms with Gasteiger partial charge in [-0.1, -0.05) is 17.4 Å². The lowest BCUT2D eigenvalue weighted by molar-refractivity contribution is -0.120. The van der Waals surface area contributed by atoms with E-state index >= 15 is 0 Å². The Morgan fingerprint density at radius 3 is 2.86 bits per heavy atom. The molecule has 0 aromatic carbocycles. The van der Waals surface area contributed by atoms with Gasteiger partial charge in [-0.2, -0.15) is 0 Å². The fourth-order valence-electron chi connectivity index (χ4n) is 2.15. The van der Waals surface area contributed by atoms with Gasteiger partial charge >= 0.3 is 0 Å². The lowest BCUT2D eigenvalue weighted by Gasteiger charge is -2.20. The summed E-state index contributed by atoms with van der Waals surface area (Å²) in [5.74, 6) is 0.0341. The van der Waals surface area contributed by atoms with Crippen molar-refractivity contribution in [3.63, 3.8) is 0 Å². The van der Waals surface area contributed by atoms with Crippen LogP contribution in [0.25, 0.3) is 10.7 Å². The third kappa shape index (κ3) is 4.61. The zero-order valence-corrected chi connectivity index (χ0v) is 14.1. The second-order valence-corrected chi connectivity index (χ2v) is 5.64. The Balaban J connectivity index is 0.00000121. The molecule has 1 fully saturated rings. The summed E-state index contributed by atoms with van der Waals surface area (Å²) in [4.78, 5) is 16.3. The highest BCUT2D eigenvalue weighted by Crippen LogP contribution is 2.25. The summed E-state index contributed by atoms with van der Waals surface area (Å²) in [7, 11) is 0. The van der Waals surface area contributed by atoms with Crippen molar-refractivity contribution in [2.45, 2.75) is 12.8 Å². The van der Waals surface area contributed by atoms with Crippen LogP contribution in [0.2, 0.25) is 0 Å². The molecule has 1 aliphatic heterocycles. The molecule has 3 rings (SSSR count). The fourth-order valence-corrected chi connectivity index (χ4v) is 2.87. The fraction of sp³-hybridized carbons (Fsp3) is 0.385. The van der Waals surface area contributed by atoms with Crippen LogP contribution in [-0.2, 0) is 4.79 Å². The van der Waals surface area contributed by atoms with Gasteiger partial charge in [0.1, 0.15) is 5.69 Å². The quantitative estimate of drug-likeness (QED) is 0.877. The van der Waals surface area contributed by atoms with Crippen molar-refractivity contribution in [1.82, 2.24) is 20.5 Å². The summed E-state index contributed by atoms with van der Waals surface area (Å²) in [6, 6.07) is 5.62. The molecule has 1 amide bonds. The molecule has 0 radical (unpaired) electrons. The molecule has 2 N–H and O–H groups in total. The third-order valence-corrected chi connectivity index (χ3v) is 4.07. The predicted octanol–water partition coefficient (Wildman–Crippen LogP) is 2.38. The summed E-state index contributed by atoms with van der Waals surface area (Å²) in [6.45, 7) is 1.73. The monoisotopic (exact) mass is 361 g/mol. The number of piperidine rings is 1. The number of halogens is 2. The van der Waals surface area contributed by atoms with Crippen molar-refractivity contribution in [3.8, 4) is 10.7 Å². The number of amides is 1. The van der Waals surface area contributed by atoms with Crippen LogP contribution in [0, 0.1) is 5.92 Å². The highest BCUT2D eigenvalue weighted by Gasteiger charge is 2.22. The van der Waals surface area contributed by atoms with Crippen molar-refractivity contribution in [2.24, 2.45) is 5.92 Å². The van der Waals surface area contributed by atoms with Crippen molar-refractivity contribution in [2.75, 3.05) is 18.4 Å². The lowest BCUT2D eigenvalue weighted by atomic mass is 9.99. The van der Waals surface area contributed by atoms with E-state index in [1.54, 1.807) is 6.20 Å². The van der Waals surface area contributed by atoms with Crippen LogP contribution in [0.15, 0.2) is 24.4 Å². The van der Waals surface area contributed by atoms with Crippen LogP contribution in [-0.4, -0.2) is 34.2 Å². The number of rotatable bonds is 3. The first-order valence-electron chi connectivity index (χ1n) is 6.59. The molecule has 9 heteroatoms. The first-order chi connectivity index (χ1) is 9.83. The van der Waals surface area contributed by atoms with Crippen molar-refractivity contribution in [1.29, 1.82) is 0 Å². The van der Waals surface area contributed by atoms with Crippen molar-refractivity contribution < 1.29 is 4.79 Å². The largest absolute Gasteiger partial charge is 0.316 e. The number of aromatic nitrogens is 3. The smallest absolute Gasteiger partial charge is 0.230 e. The van der Waals surface area contributed by atoms with Crippen LogP contribution in [0.5, 0.6) is 0 Å². The normalized spacial score (nSPS) is 17.0. The minimum Gasteiger partial charge on any atom is -0.316 e. The predicted molar refractivity (Wildman–Crippen MR) is 91.9 cm³/mol. The van der Waals surface area contributed by atoms with Gasteiger partial charge in [-0.25, -0.2) is 0 Å². The number of hydrogen-bond acceptors (Lipinski definition) is 6.